The average Bonchev–Trinajstić information content (AvgIpc) is 2.98. The van der Waals surface area contributed by atoms with Crippen LogP contribution in [-0.4, -0.2) is 37.2 Å². The number of hydrogen-bond acceptors (Lipinski definition) is 6. The van der Waals surface area contributed by atoms with Crippen LogP contribution in [0, 0.1) is 17.5 Å². The lowest BCUT2D eigenvalue weighted by atomic mass is 10.1. The van der Waals surface area contributed by atoms with E-state index in [1.54, 1.807) is 0 Å². The smallest absolute Gasteiger partial charge is 0.196 e. The third-order valence-electron chi connectivity index (χ3n) is 3.46. The zero-order valence-electron chi connectivity index (χ0n) is 13.3. The van der Waals surface area contributed by atoms with Gasteiger partial charge in [0.2, 0.25) is 0 Å². The van der Waals surface area contributed by atoms with E-state index in [4.69, 9.17) is 5.11 Å². The Morgan fingerprint density at radius 3 is 2.50 bits per heavy atom. The normalized spacial score (nSPS) is 11.0. The van der Waals surface area contributed by atoms with Crippen LogP contribution >= 0.6 is 11.8 Å². The molecule has 0 atom stereocenters. The van der Waals surface area contributed by atoms with Crippen LogP contribution in [0.2, 0.25) is 0 Å². The number of aliphatic hydroxyl groups is 1. The first-order valence-corrected chi connectivity index (χ1v) is 8.05. The standard InChI is InChI=1S/C16H11F3N4O2S/c1-23-15(13-9(17)3-2-4-20-13)21-22-16(23)26-14-10(18)5-8(6-11(14)19)12(25)7-24/h2-6,24H,7H2,1H3. The molecule has 3 rings (SSSR count). The number of ketones is 1. The Kier molecular flexibility index (Phi) is 5.05. The molecule has 2 heterocycles. The molecule has 0 saturated carbocycles. The molecule has 0 fully saturated rings. The maximum atomic E-state index is 14.2. The van der Waals surface area contributed by atoms with E-state index in [9.17, 15) is 18.0 Å². The van der Waals surface area contributed by atoms with Gasteiger partial charge in [-0.25, -0.2) is 18.2 Å². The quantitative estimate of drug-likeness (QED) is 0.686. The lowest BCUT2D eigenvalue weighted by molar-refractivity contribution is 0.0902. The Balaban J connectivity index is 1.96. The summed E-state index contributed by atoms with van der Waals surface area (Å²) in [5, 5.41) is 16.5. The SMILES string of the molecule is Cn1c(Sc2c(F)cc(C(=O)CO)cc2F)nnc1-c1ncccc1F. The molecular formula is C16H11F3N4O2S. The predicted octanol–water partition coefficient (Wildman–Crippen LogP) is 2.62. The van der Waals surface area contributed by atoms with E-state index in [-0.39, 0.29) is 22.2 Å². The molecule has 0 aliphatic carbocycles. The highest BCUT2D eigenvalue weighted by molar-refractivity contribution is 7.99. The van der Waals surface area contributed by atoms with Gasteiger partial charge in [0.05, 0.1) is 4.90 Å². The van der Waals surface area contributed by atoms with E-state index in [0.29, 0.717) is 11.8 Å². The van der Waals surface area contributed by atoms with E-state index in [1.165, 1.54) is 29.9 Å². The zero-order chi connectivity index (χ0) is 18.8. The third-order valence-corrected chi connectivity index (χ3v) is 4.59. The van der Waals surface area contributed by atoms with E-state index in [1.807, 2.05) is 0 Å². The van der Waals surface area contributed by atoms with Crippen molar-refractivity contribution in [2.75, 3.05) is 6.61 Å². The van der Waals surface area contributed by atoms with Crippen molar-refractivity contribution < 1.29 is 23.1 Å². The van der Waals surface area contributed by atoms with Crippen LogP contribution in [-0.2, 0) is 7.05 Å². The maximum Gasteiger partial charge on any atom is 0.196 e. The Bertz CT molecular complexity index is 970. The van der Waals surface area contributed by atoms with Gasteiger partial charge in [-0.3, -0.25) is 4.79 Å². The first kappa shape index (κ1) is 18.1. The molecule has 26 heavy (non-hydrogen) atoms. The number of nitrogens with zero attached hydrogens (tertiary/aromatic N) is 4. The van der Waals surface area contributed by atoms with Gasteiger partial charge in [-0.1, -0.05) is 0 Å². The van der Waals surface area contributed by atoms with Crippen molar-refractivity contribution in [3.8, 4) is 11.5 Å². The zero-order valence-corrected chi connectivity index (χ0v) is 14.1. The monoisotopic (exact) mass is 380 g/mol. The van der Waals surface area contributed by atoms with Crippen molar-refractivity contribution in [2.45, 2.75) is 10.1 Å². The number of benzene rings is 1. The summed E-state index contributed by atoms with van der Waals surface area (Å²) in [5.41, 5.74) is -0.319. The van der Waals surface area contributed by atoms with Crippen LogP contribution in [0.3, 0.4) is 0 Å². The van der Waals surface area contributed by atoms with Crippen LogP contribution in [0.5, 0.6) is 0 Å². The largest absolute Gasteiger partial charge is 0.388 e. The Morgan fingerprint density at radius 2 is 1.88 bits per heavy atom. The van der Waals surface area contributed by atoms with Crippen LogP contribution in [0.25, 0.3) is 11.5 Å². The second-order valence-corrected chi connectivity index (χ2v) is 6.13. The summed E-state index contributed by atoms with van der Waals surface area (Å²) >= 11 is 0.632. The molecule has 0 aliphatic heterocycles. The Morgan fingerprint density at radius 1 is 1.19 bits per heavy atom. The molecule has 0 bridgehead atoms. The minimum Gasteiger partial charge on any atom is -0.388 e. The summed E-state index contributed by atoms with van der Waals surface area (Å²) in [4.78, 5) is 14.9. The second-order valence-electron chi connectivity index (χ2n) is 5.15. The van der Waals surface area contributed by atoms with Crippen molar-refractivity contribution in [3.63, 3.8) is 0 Å². The van der Waals surface area contributed by atoms with Gasteiger partial charge in [-0.2, -0.15) is 0 Å². The summed E-state index contributed by atoms with van der Waals surface area (Å²) in [6, 6.07) is 4.30. The number of halogens is 3. The van der Waals surface area contributed by atoms with Gasteiger partial charge in [0.15, 0.2) is 22.6 Å². The molecule has 3 aromatic rings. The molecule has 0 unspecified atom stereocenters. The van der Waals surface area contributed by atoms with Crippen molar-refractivity contribution in [1.82, 2.24) is 19.7 Å². The number of hydrogen-bond donors (Lipinski definition) is 1. The van der Waals surface area contributed by atoms with E-state index in [0.717, 1.165) is 12.1 Å². The van der Waals surface area contributed by atoms with Gasteiger partial charge < -0.3 is 9.67 Å². The number of aliphatic hydroxyl groups excluding tert-OH is 1. The molecule has 0 saturated heterocycles. The topological polar surface area (TPSA) is 80.9 Å². The Hall–Kier alpha value is -2.72. The highest BCUT2D eigenvalue weighted by Crippen LogP contribution is 2.33. The molecular weight excluding hydrogens is 369 g/mol. The molecule has 2 aromatic heterocycles. The van der Waals surface area contributed by atoms with Crippen molar-refractivity contribution >= 4 is 17.5 Å². The van der Waals surface area contributed by atoms with Gasteiger partial charge in [-0.15, -0.1) is 10.2 Å². The lowest BCUT2D eigenvalue weighted by Gasteiger charge is -2.07. The summed E-state index contributed by atoms with van der Waals surface area (Å²) in [6.45, 7) is -0.854. The fourth-order valence-electron chi connectivity index (χ4n) is 2.16. The molecule has 1 N–H and O–H groups in total. The summed E-state index contributed by atoms with van der Waals surface area (Å²) in [7, 11) is 1.51. The highest BCUT2D eigenvalue weighted by Gasteiger charge is 2.21. The third kappa shape index (κ3) is 3.33. The molecule has 0 radical (unpaired) electrons. The summed E-state index contributed by atoms with van der Waals surface area (Å²) in [5.74, 6) is -3.28. The molecule has 0 aliphatic rings. The minimum atomic E-state index is -0.986. The highest BCUT2D eigenvalue weighted by atomic mass is 32.2. The molecule has 0 spiro atoms. The number of pyridine rings is 1. The number of carbonyl (C=O) groups excluding carboxylic acids is 1. The minimum absolute atomic E-state index is 0.0424. The first-order valence-electron chi connectivity index (χ1n) is 7.23. The van der Waals surface area contributed by atoms with Crippen molar-refractivity contribution in [3.05, 3.63) is 53.5 Å². The average molecular weight is 380 g/mol. The van der Waals surface area contributed by atoms with Gasteiger partial charge in [-0.05, 0) is 36.0 Å². The number of carbonyl (C=O) groups is 1. The van der Waals surface area contributed by atoms with Gasteiger partial charge >= 0.3 is 0 Å². The number of Topliss-reactive ketones (excluding diaryl/α,β-unsaturated/α-hetero) is 1. The summed E-state index contributed by atoms with van der Waals surface area (Å²) < 4.78 is 43.6. The molecule has 0 amide bonds. The fourth-order valence-corrected chi connectivity index (χ4v) is 2.96. The molecule has 134 valence electrons. The van der Waals surface area contributed by atoms with Gasteiger partial charge in [0.25, 0.3) is 0 Å². The van der Waals surface area contributed by atoms with Crippen LogP contribution in [0.1, 0.15) is 10.4 Å². The fraction of sp³-hybridized carbons (Fsp3) is 0.125. The van der Waals surface area contributed by atoms with Crippen LogP contribution in [0.15, 0.2) is 40.5 Å². The van der Waals surface area contributed by atoms with E-state index < -0.39 is 34.7 Å². The molecule has 1 aromatic carbocycles. The van der Waals surface area contributed by atoms with E-state index >= 15 is 0 Å². The van der Waals surface area contributed by atoms with Gasteiger partial charge in [0, 0.05) is 18.8 Å². The predicted molar refractivity (Wildman–Crippen MR) is 86.1 cm³/mol. The molecule has 6 nitrogen and oxygen atoms in total. The Labute approximate surface area is 149 Å². The van der Waals surface area contributed by atoms with E-state index in [2.05, 4.69) is 15.2 Å². The maximum absolute atomic E-state index is 14.2. The second kappa shape index (κ2) is 7.26. The van der Waals surface area contributed by atoms with Gasteiger partial charge in [0.1, 0.15) is 23.9 Å². The number of rotatable bonds is 5. The van der Waals surface area contributed by atoms with Crippen molar-refractivity contribution in [1.29, 1.82) is 0 Å². The van der Waals surface area contributed by atoms with Crippen molar-refractivity contribution in [2.24, 2.45) is 7.05 Å². The first-order chi connectivity index (χ1) is 12.4. The lowest BCUT2D eigenvalue weighted by Crippen LogP contribution is -2.06. The van der Waals surface area contributed by atoms with Crippen LogP contribution in [0.4, 0.5) is 13.2 Å². The number of aromatic nitrogens is 4. The summed E-state index contributed by atoms with van der Waals surface area (Å²) in [6.07, 6.45) is 1.39. The molecule has 10 heteroatoms. The van der Waals surface area contributed by atoms with Crippen LogP contribution < -0.4 is 0 Å².